The summed E-state index contributed by atoms with van der Waals surface area (Å²) in [5, 5.41) is 13.0. The molecule has 0 amide bonds. The number of furan rings is 1. The lowest BCUT2D eigenvalue weighted by molar-refractivity contribution is -0.384. The summed E-state index contributed by atoms with van der Waals surface area (Å²) in [6.07, 6.45) is 3.00. The zero-order valence-electron chi connectivity index (χ0n) is 20.9. The minimum Gasteiger partial charge on any atom is -0.463 e. The molecule has 1 aliphatic rings. The number of hydrogen-bond acceptors (Lipinski definition) is 9. The number of ether oxygens (including phenoxy) is 1. The SMILES string of the molecule is CCCC1=C(C(=O)OCC)C(c2cccs2)n2c(s/c(=C\c3ccc(-c4ccc([N+](=O)[O-])cc4Br)o3)c2=O)=N1. The second kappa shape index (κ2) is 11.2. The zero-order chi connectivity index (χ0) is 27.7. The van der Waals surface area contributed by atoms with Gasteiger partial charge in [-0.15, -0.1) is 11.3 Å². The van der Waals surface area contributed by atoms with Crippen LogP contribution in [0.5, 0.6) is 0 Å². The molecule has 0 aliphatic carbocycles. The van der Waals surface area contributed by atoms with Crippen LogP contribution in [-0.2, 0) is 9.53 Å². The van der Waals surface area contributed by atoms with Gasteiger partial charge in [0.25, 0.3) is 11.2 Å². The lowest BCUT2D eigenvalue weighted by Gasteiger charge is -2.24. The maximum absolute atomic E-state index is 13.7. The molecule has 0 saturated carbocycles. The van der Waals surface area contributed by atoms with Crippen molar-refractivity contribution < 1.29 is 18.9 Å². The number of aromatic nitrogens is 1. The van der Waals surface area contributed by atoms with Crippen LogP contribution in [0.2, 0.25) is 0 Å². The molecule has 4 heterocycles. The minimum atomic E-state index is -0.632. The van der Waals surface area contributed by atoms with Crippen molar-refractivity contribution in [2.75, 3.05) is 6.61 Å². The fourth-order valence-electron chi connectivity index (χ4n) is 4.36. The number of hydrogen-bond donors (Lipinski definition) is 0. The summed E-state index contributed by atoms with van der Waals surface area (Å²) in [6, 6.07) is 11.0. The summed E-state index contributed by atoms with van der Waals surface area (Å²) in [6.45, 7) is 3.98. The first-order valence-electron chi connectivity index (χ1n) is 12.1. The van der Waals surface area contributed by atoms with Crippen molar-refractivity contribution in [2.45, 2.75) is 32.7 Å². The molecule has 0 fully saturated rings. The van der Waals surface area contributed by atoms with Crippen molar-refractivity contribution in [3.63, 3.8) is 0 Å². The molecular formula is C27H22BrN3O6S2. The number of nitro groups is 1. The first-order valence-corrected chi connectivity index (χ1v) is 14.6. The lowest BCUT2D eigenvalue weighted by atomic mass is 9.99. The Morgan fingerprint density at radius 3 is 2.77 bits per heavy atom. The number of allylic oxidation sites excluding steroid dienone is 1. The van der Waals surface area contributed by atoms with E-state index in [1.54, 1.807) is 35.8 Å². The maximum Gasteiger partial charge on any atom is 0.338 e. The number of benzene rings is 1. The molecule has 12 heteroatoms. The van der Waals surface area contributed by atoms with Crippen LogP contribution in [-0.4, -0.2) is 22.1 Å². The molecule has 0 bridgehead atoms. The summed E-state index contributed by atoms with van der Waals surface area (Å²) in [5.74, 6) is 0.454. The van der Waals surface area contributed by atoms with E-state index in [0.29, 0.717) is 48.6 Å². The van der Waals surface area contributed by atoms with Crippen molar-refractivity contribution in [3.8, 4) is 11.3 Å². The quantitative estimate of drug-likeness (QED) is 0.143. The predicted molar refractivity (Wildman–Crippen MR) is 152 cm³/mol. The smallest absolute Gasteiger partial charge is 0.338 e. The minimum absolute atomic E-state index is 0.0385. The first-order chi connectivity index (χ1) is 18.8. The van der Waals surface area contributed by atoms with Gasteiger partial charge in [0.2, 0.25) is 0 Å². The molecule has 1 aliphatic heterocycles. The molecule has 1 atom stereocenters. The van der Waals surface area contributed by atoms with Gasteiger partial charge in [-0.1, -0.05) is 30.7 Å². The van der Waals surface area contributed by atoms with Crippen LogP contribution in [0.15, 0.2) is 77.8 Å². The highest BCUT2D eigenvalue weighted by Crippen LogP contribution is 2.35. The second-order valence-electron chi connectivity index (χ2n) is 8.55. The molecule has 0 radical (unpaired) electrons. The van der Waals surface area contributed by atoms with Crippen LogP contribution in [0.4, 0.5) is 5.69 Å². The molecule has 39 heavy (non-hydrogen) atoms. The van der Waals surface area contributed by atoms with Crippen LogP contribution in [0.25, 0.3) is 17.4 Å². The molecule has 1 aromatic carbocycles. The summed E-state index contributed by atoms with van der Waals surface area (Å²) < 4.78 is 13.9. The van der Waals surface area contributed by atoms with Gasteiger partial charge in [0, 0.05) is 33.1 Å². The van der Waals surface area contributed by atoms with E-state index < -0.39 is 16.9 Å². The third-order valence-electron chi connectivity index (χ3n) is 6.03. The standard InChI is InChI=1S/C27H22BrN3O6S2/c1-3-6-19-23(26(33)36-4-2)24(21-7-5-12-38-21)30-25(32)22(39-27(30)29-19)14-16-9-11-20(37-16)17-10-8-15(31(34)35)13-18(17)28/h5,7-14,24H,3-4,6H2,1-2H3/b22-14-. The Labute approximate surface area is 238 Å². The van der Waals surface area contributed by atoms with Crippen molar-refractivity contribution in [3.05, 3.63) is 104 Å². The fourth-order valence-corrected chi connectivity index (χ4v) is 6.74. The van der Waals surface area contributed by atoms with Gasteiger partial charge in [-0.05, 0) is 58.9 Å². The van der Waals surface area contributed by atoms with Gasteiger partial charge in [0.05, 0.1) is 27.3 Å². The van der Waals surface area contributed by atoms with E-state index in [9.17, 15) is 19.7 Å². The van der Waals surface area contributed by atoms with E-state index >= 15 is 0 Å². The first kappa shape index (κ1) is 27.0. The number of carbonyl (C=O) groups is 1. The average molecular weight is 629 g/mol. The topological polar surface area (TPSA) is 117 Å². The monoisotopic (exact) mass is 627 g/mol. The molecule has 0 spiro atoms. The van der Waals surface area contributed by atoms with E-state index in [2.05, 4.69) is 15.9 Å². The Morgan fingerprint density at radius 1 is 1.28 bits per heavy atom. The highest BCUT2D eigenvalue weighted by Gasteiger charge is 2.34. The van der Waals surface area contributed by atoms with Crippen molar-refractivity contribution in [1.29, 1.82) is 0 Å². The van der Waals surface area contributed by atoms with E-state index in [-0.39, 0.29) is 17.9 Å². The normalized spacial score (nSPS) is 15.3. The number of non-ortho nitro benzene ring substituents is 1. The number of nitrogens with zero attached hydrogens (tertiary/aromatic N) is 3. The fraction of sp³-hybridized carbons (Fsp3) is 0.222. The van der Waals surface area contributed by atoms with Gasteiger partial charge in [-0.25, -0.2) is 9.79 Å². The van der Waals surface area contributed by atoms with Crippen LogP contribution < -0.4 is 14.9 Å². The van der Waals surface area contributed by atoms with Crippen LogP contribution in [0.3, 0.4) is 0 Å². The number of esters is 1. The number of carbonyl (C=O) groups excluding carboxylic acids is 1. The Balaban J connectivity index is 1.61. The number of halogens is 1. The molecule has 5 rings (SSSR count). The van der Waals surface area contributed by atoms with Crippen LogP contribution in [0, 0.1) is 10.1 Å². The molecule has 1 unspecified atom stereocenters. The molecule has 0 N–H and O–H groups in total. The van der Waals surface area contributed by atoms with Gasteiger partial charge in [0.1, 0.15) is 17.6 Å². The summed E-state index contributed by atoms with van der Waals surface area (Å²) >= 11 is 6.07. The molecule has 0 saturated heterocycles. The third-order valence-corrected chi connectivity index (χ3v) is 8.60. The molecule has 3 aromatic heterocycles. The van der Waals surface area contributed by atoms with Gasteiger partial charge in [-0.2, -0.15) is 0 Å². The third kappa shape index (κ3) is 5.19. The average Bonchev–Trinajstić information content (AvgIpc) is 3.66. The maximum atomic E-state index is 13.7. The van der Waals surface area contributed by atoms with Crippen molar-refractivity contribution in [1.82, 2.24) is 4.57 Å². The molecule has 4 aromatic rings. The number of fused-ring (bicyclic) bond motifs is 1. The largest absolute Gasteiger partial charge is 0.463 e. The summed E-state index contributed by atoms with van der Waals surface area (Å²) in [4.78, 5) is 43.5. The van der Waals surface area contributed by atoms with E-state index in [1.807, 2.05) is 24.4 Å². The van der Waals surface area contributed by atoms with Gasteiger partial charge in [-0.3, -0.25) is 19.5 Å². The van der Waals surface area contributed by atoms with Crippen LogP contribution >= 0.6 is 38.6 Å². The number of thiophene rings is 1. The van der Waals surface area contributed by atoms with Gasteiger partial charge < -0.3 is 9.15 Å². The molecule has 9 nitrogen and oxygen atoms in total. The predicted octanol–water partition coefficient (Wildman–Crippen LogP) is 5.57. The van der Waals surface area contributed by atoms with Crippen molar-refractivity contribution >= 4 is 56.3 Å². The van der Waals surface area contributed by atoms with E-state index in [4.69, 9.17) is 14.1 Å². The highest BCUT2D eigenvalue weighted by molar-refractivity contribution is 9.10. The van der Waals surface area contributed by atoms with Crippen LogP contribution in [0.1, 0.15) is 43.4 Å². The second-order valence-corrected chi connectivity index (χ2v) is 11.4. The Kier molecular flexibility index (Phi) is 7.78. The molecule has 200 valence electrons. The summed E-state index contributed by atoms with van der Waals surface area (Å²) in [5.41, 5.74) is 1.34. The number of rotatable bonds is 8. The summed E-state index contributed by atoms with van der Waals surface area (Å²) in [7, 11) is 0. The molecular weight excluding hydrogens is 606 g/mol. The van der Waals surface area contributed by atoms with E-state index in [1.165, 1.54) is 34.8 Å². The highest BCUT2D eigenvalue weighted by atomic mass is 79.9. The van der Waals surface area contributed by atoms with Crippen molar-refractivity contribution in [2.24, 2.45) is 4.99 Å². The Morgan fingerprint density at radius 2 is 2.10 bits per heavy atom. The Hall–Kier alpha value is -3.61. The lowest BCUT2D eigenvalue weighted by Crippen LogP contribution is -2.39. The Bertz CT molecular complexity index is 1780. The number of thiazole rings is 1. The van der Waals surface area contributed by atoms with E-state index in [0.717, 1.165) is 11.3 Å². The van der Waals surface area contributed by atoms with Gasteiger partial charge >= 0.3 is 5.97 Å². The zero-order valence-corrected chi connectivity index (χ0v) is 24.1. The van der Waals surface area contributed by atoms with Gasteiger partial charge in [0.15, 0.2) is 4.80 Å². The number of nitro benzene ring substituents is 1.